The molecule has 3 N–H and O–H groups in total. The van der Waals surface area contributed by atoms with Gasteiger partial charge in [0.1, 0.15) is 5.75 Å². The molecule has 2 aromatic rings. The summed E-state index contributed by atoms with van der Waals surface area (Å²) in [5.41, 5.74) is 8.48. The average molecular weight is 259 g/mol. The maximum atomic E-state index is 9.77. The lowest BCUT2D eigenvalue weighted by Gasteiger charge is -2.05. The van der Waals surface area contributed by atoms with E-state index in [0.717, 1.165) is 29.5 Å². The molecule has 1 unspecified atom stereocenters. The van der Waals surface area contributed by atoms with Crippen LogP contribution in [0.3, 0.4) is 0 Å². The number of rotatable bonds is 3. The lowest BCUT2D eigenvalue weighted by Crippen LogP contribution is -2.12. The van der Waals surface area contributed by atoms with E-state index < -0.39 is 0 Å². The van der Waals surface area contributed by atoms with Crippen molar-refractivity contribution in [3.63, 3.8) is 0 Å². The van der Waals surface area contributed by atoms with Crippen molar-refractivity contribution in [3.8, 4) is 17.1 Å². The highest BCUT2D eigenvalue weighted by molar-refractivity contribution is 5.60. The number of aryl methyl sites for hydroxylation is 2. The molecule has 1 saturated carbocycles. The molecule has 100 valence electrons. The molecule has 1 fully saturated rings. The highest BCUT2D eigenvalue weighted by Crippen LogP contribution is 2.39. The molecule has 3 rings (SSSR count). The standard InChI is InChI=1S/C14H17N3O2/c1-7-5-10(6-8(2)12(7)18)13-16-14(19-17-13)11(15)9-3-4-9/h5-6,9,11,18H,3-4,15H2,1-2H3. The molecule has 0 saturated heterocycles. The number of phenolic OH excluding ortho intramolecular Hbond substituents is 1. The number of aromatic hydroxyl groups is 1. The van der Waals surface area contributed by atoms with Crippen LogP contribution in [0, 0.1) is 19.8 Å². The predicted molar refractivity (Wildman–Crippen MR) is 70.5 cm³/mol. The van der Waals surface area contributed by atoms with Gasteiger partial charge in [0.2, 0.25) is 11.7 Å². The van der Waals surface area contributed by atoms with Gasteiger partial charge in [0.25, 0.3) is 0 Å². The largest absolute Gasteiger partial charge is 0.507 e. The minimum atomic E-state index is -0.152. The number of benzene rings is 1. The summed E-state index contributed by atoms with van der Waals surface area (Å²) >= 11 is 0. The van der Waals surface area contributed by atoms with E-state index in [4.69, 9.17) is 10.3 Å². The van der Waals surface area contributed by atoms with Crippen LogP contribution in [-0.2, 0) is 0 Å². The predicted octanol–water partition coefficient (Wildman–Crippen LogP) is 2.47. The van der Waals surface area contributed by atoms with Crippen molar-refractivity contribution in [1.29, 1.82) is 0 Å². The Hall–Kier alpha value is -1.88. The summed E-state index contributed by atoms with van der Waals surface area (Å²) in [5, 5.41) is 13.7. The quantitative estimate of drug-likeness (QED) is 0.884. The molecule has 1 aliphatic carbocycles. The molecule has 0 aliphatic heterocycles. The van der Waals surface area contributed by atoms with Crippen molar-refractivity contribution in [2.45, 2.75) is 32.7 Å². The van der Waals surface area contributed by atoms with Crippen LogP contribution in [0.5, 0.6) is 5.75 Å². The van der Waals surface area contributed by atoms with Crippen LogP contribution in [0.4, 0.5) is 0 Å². The Bertz CT molecular complexity index is 594. The normalized spacial score (nSPS) is 16.6. The minimum absolute atomic E-state index is 0.152. The van der Waals surface area contributed by atoms with E-state index >= 15 is 0 Å². The van der Waals surface area contributed by atoms with E-state index in [1.165, 1.54) is 0 Å². The Labute approximate surface area is 111 Å². The number of hydrogen-bond acceptors (Lipinski definition) is 5. The second-order valence-corrected chi connectivity index (χ2v) is 5.28. The Kier molecular flexibility index (Phi) is 2.78. The lowest BCUT2D eigenvalue weighted by molar-refractivity contribution is 0.343. The first-order valence-corrected chi connectivity index (χ1v) is 6.46. The van der Waals surface area contributed by atoms with Crippen molar-refractivity contribution in [2.75, 3.05) is 0 Å². The van der Waals surface area contributed by atoms with Gasteiger partial charge in [-0.25, -0.2) is 0 Å². The van der Waals surface area contributed by atoms with Crippen molar-refractivity contribution in [2.24, 2.45) is 11.7 Å². The zero-order chi connectivity index (χ0) is 13.6. The molecule has 0 bridgehead atoms. The Morgan fingerprint density at radius 1 is 1.32 bits per heavy atom. The molecule has 0 amide bonds. The van der Waals surface area contributed by atoms with E-state index in [2.05, 4.69) is 10.1 Å². The maximum absolute atomic E-state index is 9.77. The zero-order valence-corrected chi connectivity index (χ0v) is 11.1. The van der Waals surface area contributed by atoms with Gasteiger partial charge in [-0.2, -0.15) is 4.98 Å². The highest BCUT2D eigenvalue weighted by Gasteiger charge is 2.33. The smallest absolute Gasteiger partial charge is 0.244 e. The van der Waals surface area contributed by atoms with Gasteiger partial charge in [0, 0.05) is 5.56 Å². The summed E-state index contributed by atoms with van der Waals surface area (Å²) in [6.45, 7) is 3.70. The third kappa shape index (κ3) is 2.21. The molecule has 19 heavy (non-hydrogen) atoms. The van der Waals surface area contributed by atoms with E-state index in [1.54, 1.807) is 0 Å². The van der Waals surface area contributed by atoms with E-state index in [1.807, 2.05) is 26.0 Å². The highest BCUT2D eigenvalue weighted by atomic mass is 16.5. The maximum Gasteiger partial charge on any atom is 0.244 e. The fourth-order valence-corrected chi connectivity index (χ4v) is 2.23. The molecule has 1 aliphatic rings. The molecule has 5 heteroatoms. The summed E-state index contributed by atoms with van der Waals surface area (Å²) in [5.74, 6) is 1.82. The van der Waals surface area contributed by atoms with Crippen LogP contribution in [0.15, 0.2) is 16.7 Å². The molecular weight excluding hydrogens is 242 g/mol. The van der Waals surface area contributed by atoms with Crippen molar-refractivity contribution >= 4 is 0 Å². The number of hydrogen-bond donors (Lipinski definition) is 2. The van der Waals surface area contributed by atoms with Gasteiger partial charge >= 0.3 is 0 Å². The van der Waals surface area contributed by atoms with Crippen LogP contribution >= 0.6 is 0 Å². The Balaban J connectivity index is 1.94. The van der Waals surface area contributed by atoms with E-state index in [-0.39, 0.29) is 6.04 Å². The summed E-state index contributed by atoms with van der Waals surface area (Å²) in [4.78, 5) is 4.37. The Morgan fingerprint density at radius 3 is 2.53 bits per heavy atom. The van der Waals surface area contributed by atoms with Crippen LogP contribution in [0.1, 0.15) is 35.9 Å². The van der Waals surface area contributed by atoms with Gasteiger partial charge < -0.3 is 15.4 Å². The average Bonchev–Trinajstić information content (AvgIpc) is 3.11. The van der Waals surface area contributed by atoms with Gasteiger partial charge in [0.15, 0.2) is 0 Å². The fourth-order valence-electron chi connectivity index (χ4n) is 2.23. The fraction of sp³-hybridized carbons (Fsp3) is 0.429. The van der Waals surface area contributed by atoms with Crippen LogP contribution in [0.25, 0.3) is 11.4 Å². The summed E-state index contributed by atoms with van der Waals surface area (Å²) in [6, 6.07) is 3.54. The Morgan fingerprint density at radius 2 is 1.95 bits per heavy atom. The molecule has 5 nitrogen and oxygen atoms in total. The molecule has 1 aromatic heterocycles. The number of phenols is 1. The first kappa shape index (κ1) is 12.2. The van der Waals surface area contributed by atoms with Gasteiger partial charge in [-0.05, 0) is 55.9 Å². The van der Waals surface area contributed by atoms with Crippen molar-refractivity contribution in [1.82, 2.24) is 10.1 Å². The summed E-state index contributed by atoms with van der Waals surface area (Å²) < 4.78 is 5.24. The lowest BCUT2D eigenvalue weighted by atomic mass is 10.1. The first-order valence-electron chi connectivity index (χ1n) is 6.46. The molecular formula is C14H17N3O2. The van der Waals surface area contributed by atoms with E-state index in [9.17, 15) is 5.11 Å². The third-order valence-electron chi connectivity index (χ3n) is 3.61. The zero-order valence-electron chi connectivity index (χ0n) is 11.1. The third-order valence-corrected chi connectivity index (χ3v) is 3.61. The van der Waals surface area contributed by atoms with Gasteiger partial charge in [-0.3, -0.25) is 0 Å². The number of nitrogens with two attached hydrogens (primary N) is 1. The van der Waals surface area contributed by atoms with Gasteiger partial charge in [0.05, 0.1) is 6.04 Å². The number of nitrogens with zero attached hydrogens (tertiary/aromatic N) is 2. The SMILES string of the molecule is Cc1cc(-c2noc(C(N)C3CC3)n2)cc(C)c1O. The summed E-state index contributed by atoms with van der Waals surface area (Å²) in [7, 11) is 0. The molecule has 0 radical (unpaired) electrons. The van der Waals surface area contributed by atoms with Gasteiger partial charge in [-0.15, -0.1) is 0 Å². The second kappa shape index (κ2) is 4.35. The topological polar surface area (TPSA) is 85.2 Å². The van der Waals surface area contributed by atoms with Crippen LogP contribution in [-0.4, -0.2) is 15.2 Å². The van der Waals surface area contributed by atoms with E-state index in [0.29, 0.717) is 23.4 Å². The van der Waals surface area contributed by atoms with Crippen molar-refractivity contribution in [3.05, 3.63) is 29.2 Å². The van der Waals surface area contributed by atoms with Crippen molar-refractivity contribution < 1.29 is 9.63 Å². The molecule has 1 heterocycles. The molecule has 1 atom stereocenters. The first-order chi connectivity index (χ1) is 9.06. The number of aromatic nitrogens is 2. The molecule has 1 aromatic carbocycles. The minimum Gasteiger partial charge on any atom is -0.507 e. The monoisotopic (exact) mass is 259 g/mol. The molecule has 0 spiro atoms. The van der Waals surface area contributed by atoms with Crippen LogP contribution in [0.2, 0.25) is 0 Å². The summed E-state index contributed by atoms with van der Waals surface area (Å²) in [6.07, 6.45) is 2.27. The second-order valence-electron chi connectivity index (χ2n) is 5.28. The van der Waals surface area contributed by atoms with Gasteiger partial charge in [-0.1, -0.05) is 5.16 Å². The van der Waals surface area contributed by atoms with Crippen LogP contribution < -0.4 is 5.73 Å².